The fraction of sp³-hybridized carbons (Fsp3) is 0.517. The molecule has 37 heavy (non-hydrogen) atoms. The van der Waals surface area contributed by atoms with Gasteiger partial charge in [0.25, 0.3) is 0 Å². The molecule has 4 atom stereocenters. The molecule has 7 rings (SSSR count). The van der Waals surface area contributed by atoms with Gasteiger partial charge in [0.15, 0.2) is 17.4 Å². The molecule has 5 heterocycles. The molecule has 0 radical (unpaired) electrons. The minimum Gasteiger partial charge on any atom is -0.353 e. The molecule has 2 saturated heterocycles. The van der Waals surface area contributed by atoms with Crippen LogP contribution in [0, 0.1) is 17.8 Å². The summed E-state index contributed by atoms with van der Waals surface area (Å²) in [5, 5.41) is 9.22. The monoisotopic (exact) mass is 498 g/mol. The predicted molar refractivity (Wildman–Crippen MR) is 143 cm³/mol. The van der Waals surface area contributed by atoms with Gasteiger partial charge in [0.05, 0.1) is 17.3 Å². The topological polar surface area (TPSA) is 72.9 Å². The van der Waals surface area contributed by atoms with Crippen molar-refractivity contribution in [3.63, 3.8) is 0 Å². The molecule has 0 bridgehead atoms. The summed E-state index contributed by atoms with van der Waals surface area (Å²) in [6.07, 6.45) is 8.65. The Bertz CT molecular complexity index is 1270. The van der Waals surface area contributed by atoms with Crippen LogP contribution < -0.4 is 9.80 Å². The van der Waals surface area contributed by atoms with E-state index in [1.54, 1.807) is 0 Å². The van der Waals surface area contributed by atoms with Gasteiger partial charge in [-0.05, 0) is 62.3 Å². The number of likely N-dealkylation sites (tertiary alicyclic amines) is 1. The first-order valence-corrected chi connectivity index (χ1v) is 13.8. The predicted octanol–water partition coefficient (Wildman–Crippen LogP) is 3.22. The summed E-state index contributed by atoms with van der Waals surface area (Å²) >= 11 is 0. The molecular weight excluding hydrogens is 464 g/mol. The normalized spacial score (nSPS) is 29.0. The lowest BCUT2D eigenvalue weighted by atomic mass is 9.81. The number of para-hydroxylation sites is 1. The summed E-state index contributed by atoms with van der Waals surface area (Å²) in [5.41, 5.74) is 2.54. The lowest BCUT2D eigenvalue weighted by molar-refractivity contribution is -0.134. The lowest BCUT2D eigenvalue weighted by Gasteiger charge is -2.43. The number of hydrogen-bond acceptors (Lipinski definition) is 7. The van der Waals surface area contributed by atoms with Crippen molar-refractivity contribution in [2.75, 3.05) is 56.1 Å². The van der Waals surface area contributed by atoms with E-state index < -0.39 is 12.0 Å². The zero-order chi connectivity index (χ0) is 25.1. The molecule has 0 N–H and O–H groups in total. The number of hydrogen-bond donors (Lipinski definition) is 0. The molecule has 3 fully saturated rings. The number of carbonyl (C=O) groups is 2. The third-order valence-electron chi connectivity index (χ3n) is 9.09. The lowest BCUT2D eigenvalue weighted by Crippen LogP contribution is -2.54. The SMILES string of the molecule is CN1CCN(c2cc3c(nn2)N2c4ccccc4C=CC2C(C(=O)N2CCCC4CC4CC2)C3=O)CC1. The van der Waals surface area contributed by atoms with E-state index in [2.05, 4.69) is 38.0 Å². The van der Waals surface area contributed by atoms with Crippen LogP contribution in [-0.4, -0.2) is 84.0 Å². The molecular formula is C29H34N6O2. The van der Waals surface area contributed by atoms with Gasteiger partial charge in [0.1, 0.15) is 5.92 Å². The second-order valence-electron chi connectivity index (χ2n) is 11.4. The number of Topliss-reactive ketones (excluding diaryl/α,β-unsaturated/α-hetero) is 1. The molecule has 4 aliphatic heterocycles. The van der Waals surface area contributed by atoms with Crippen LogP contribution in [0.15, 0.2) is 36.4 Å². The van der Waals surface area contributed by atoms with E-state index in [4.69, 9.17) is 0 Å². The van der Waals surface area contributed by atoms with Gasteiger partial charge in [0, 0.05) is 39.3 Å². The summed E-state index contributed by atoms with van der Waals surface area (Å²) in [6.45, 7) is 5.06. The number of ketones is 1. The van der Waals surface area contributed by atoms with Gasteiger partial charge in [-0.2, -0.15) is 0 Å². The molecule has 2 aromatic rings. The van der Waals surface area contributed by atoms with Crippen LogP contribution >= 0.6 is 0 Å². The molecule has 1 aromatic carbocycles. The Hall–Kier alpha value is -3.26. The molecule has 0 spiro atoms. The molecule has 1 aromatic heterocycles. The number of nitrogens with zero attached hydrogens (tertiary/aromatic N) is 6. The fourth-order valence-corrected chi connectivity index (χ4v) is 6.73. The Balaban J connectivity index is 1.28. The number of fused-ring (bicyclic) bond motifs is 6. The third-order valence-corrected chi connectivity index (χ3v) is 9.09. The van der Waals surface area contributed by atoms with Crippen LogP contribution in [0.3, 0.4) is 0 Å². The van der Waals surface area contributed by atoms with Crippen molar-refractivity contribution in [1.29, 1.82) is 0 Å². The van der Waals surface area contributed by atoms with Crippen LogP contribution in [0.1, 0.15) is 41.6 Å². The second-order valence-corrected chi connectivity index (χ2v) is 11.4. The summed E-state index contributed by atoms with van der Waals surface area (Å²) in [7, 11) is 2.12. The zero-order valence-corrected chi connectivity index (χ0v) is 21.4. The number of benzene rings is 1. The summed E-state index contributed by atoms with van der Waals surface area (Å²) in [6, 6.07) is 9.60. The number of rotatable bonds is 2. The van der Waals surface area contributed by atoms with E-state index >= 15 is 0 Å². The van der Waals surface area contributed by atoms with Gasteiger partial charge in [0.2, 0.25) is 5.91 Å². The Morgan fingerprint density at radius 3 is 2.65 bits per heavy atom. The van der Waals surface area contributed by atoms with E-state index in [9.17, 15) is 9.59 Å². The maximum atomic E-state index is 14.2. The van der Waals surface area contributed by atoms with Gasteiger partial charge >= 0.3 is 0 Å². The highest BCUT2D eigenvalue weighted by Crippen LogP contribution is 2.47. The third kappa shape index (κ3) is 3.93. The van der Waals surface area contributed by atoms with E-state index in [1.807, 2.05) is 41.3 Å². The van der Waals surface area contributed by atoms with E-state index in [0.717, 1.165) is 81.0 Å². The summed E-state index contributed by atoms with van der Waals surface area (Å²) < 4.78 is 0. The molecule has 1 amide bonds. The van der Waals surface area contributed by atoms with Crippen molar-refractivity contribution in [3.05, 3.63) is 47.5 Å². The Labute approximate surface area is 217 Å². The summed E-state index contributed by atoms with van der Waals surface area (Å²) in [4.78, 5) is 36.9. The molecule has 1 saturated carbocycles. The smallest absolute Gasteiger partial charge is 0.236 e. The maximum Gasteiger partial charge on any atom is 0.236 e. The van der Waals surface area contributed by atoms with Crippen LogP contribution in [0.25, 0.3) is 6.08 Å². The first-order chi connectivity index (χ1) is 18.1. The number of piperazine rings is 1. The number of likely N-dealkylation sites (N-methyl/N-ethyl adjacent to an activating group) is 1. The first kappa shape index (κ1) is 22.9. The van der Waals surface area contributed by atoms with Crippen molar-refractivity contribution in [3.8, 4) is 0 Å². The van der Waals surface area contributed by atoms with Gasteiger partial charge in [-0.25, -0.2) is 0 Å². The van der Waals surface area contributed by atoms with Gasteiger partial charge in [-0.15, -0.1) is 10.2 Å². The fourth-order valence-electron chi connectivity index (χ4n) is 6.73. The van der Waals surface area contributed by atoms with Crippen molar-refractivity contribution < 1.29 is 9.59 Å². The highest BCUT2D eigenvalue weighted by atomic mass is 16.2. The second kappa shape index (κ2) is 8.94. The number of aromatic nitrogens is 2. The molecule has 8 heteroatoms. The van der Waals surface area contributed by atoms with Crippen LogP contribution in [0.2, 0.25) is 0 Å². The van der Waals surface area contributed by atoms with Crippen LogP contribution in [0.4, 0.5) is 17.3 Å². The van der Waals surface area contributed by atoms with Gasteiger partial charge in [-0.1, -0.05) is 30.4 Å². The summed E-state index contributed by atoms with van der Waals surface area (Å²) in [5.74, 6) is 1.96. The van der Waals surface area contributed by atoms with E-state index in [-0.39, 0.29) is 11.7 Å². The Morgan fingerprint density at radius 1 is 0.973 bits per heavy atom. The highest BCUT2D eigenvalue weighted by Gasteiger charge is 2.48. The van der Waals surface area contributed by atoms with Crippen LogP contribution in [-0.2, 0) is 4.79 Å². The number of anilines is 3. The van der Waals surface area contributed by atoms with Gasteiger partial charge in [-0.3, -0.25) is 9.59 Å². The largest absolute Gasteiger partial charge is 0.353 e. The maximum absolute atomic E-state index is 14.2. The zero-order valence-electron chi connectivity index (χ0n) is 21.4. The average Bonchev–Trinajstić information content (AvgIpc) is 3.65. The van der Waals surface area contributed by atoms with E-state index in [0.29, 0.717) is 11.4 Å². The molecule has 192 valence electrons. The Kier molecular flexibility index (Phi) is 5.53. The van der Waals surface area contributed by atoms with E-state index in [1.165, 1.54) is 12.8 Å². The van der Waals surface area contributed by atoms with Crippen molar-refractivity contribution in [2.45, 2.75) is 31.7 Å². The average molecular weight is 499 g/mol. The highest BCUT2D eigenvalue weighted by molar-refractivity contribution is 6.16. The molecule has 4 unspecified atom stereocenters. The quantitative estimate of drug-likeness (QED) is 0.589. The molecule has 1 aliphatic carbocycles. The van der Waals surface area contributed by atoms with Crippen molar-refractivity contribution in [2.24, 2.45) is 17.8 Å². The van der Waals surface area contributed by atoms with Gasteiger partial charge < -0.3 is 19.6 Å². The van der Waals surface area contributed by atoms with Crippen molar-refractivity contribution >= 4 is 35.1 Å². The first-order valence-electron chi connectivity index (χ1n) is 13.8. The number of amides is 1. The Morgan fingerprint density at radius 2 is 1.78 bits per heavy atom. The minimum atomic E-state index is -0.781. The van der Waals surface area contributed by atoms with Crippen LogP contribution in [0.5, 0.6) is 0 Å². The minimum absolute atomic E-state index is 0.0354. The molecule has 5 aliphatic rings. The van der Waals surface area contributed by atoms with Crippen molar-refractivity contribution in [1.82, 2.24) is 20.0 Å². The molecule has 8 nitrogen and oxygen atoms in total. The number of carbonyl (C=O) groups excluding carboxylic acids is 2. The standard InChI is InChI=1S/C29H34N6O2/c1-32-13-15-33(16-14-32)25-18-22-27(36)26(29(37)34-11-4-6-20-17-21(20)10-12-34)24-9-8-19-5-2-3-7-23(19)35(24)28(22)31-30-25/h2-3,5,7-9,18,20-21,24,26H,4,6,10-17H2,1H3.